The molecule has 0 N–H and O–H groups in total. The van der Waals surface area contributed by atoms with E-state index in [1.54, 1.807) is 0 Å². The maximum Gasteiger partial charge on any atom is 0.260 e. The average Bonchev–Trinajstić information content (AvgIpc) is 2.74. The Bertz CT molecular complexity index is 767. The quantitative estimate of drug-likeness (QED) is 0.735. The summed E-state index contributed by atoms with van der Waals surface area (Å²) in [4.78, 5) is 19.1. The predicted octanol–water partition coefficient (Wildman–Crippen LogP) is 3.57. The van der Waals surface area contributed by atoms with Gasteiger partial charge in [0, 0.05) is 50.6 Å². The number of carbonyl (C=O) groups is 1. The lowest BCUT2D eigenvalue weighted by Gasteiger charge is -2.37. The second kappa shape index (κ2) is 9.49. The van der Waals surface area contributed by atoms with E-state index in [9.17, 15) is 4.79 Å². The first-order chi connectivity index (χ1) is 13.6. The summed E-state index contributed by atoms with van der Waals surface area (Å²) in [6.45, 7) is 11.8. The topological polar surface area (TPSA) is 36.0 Å². The molecule has 1 heterocycles. The number of nitrogens with zero attached hydrogens (tertiary/aromatic N) is 3. The summed E-state index contributed by atoms with van der Waals surface area (Å²) < 4.78 is 5.60. The average molecular weight is 382 g/mol. The van der Waals surface area contributed by atoms with Crippen molar-refractivity contribution in [2.24, 2.45) is 0 Å². The molecular weight excluding hydrogens is 350 g/mol. The van der Waals surface area contributed by atoms with Crippen molar-refractivity contribution in [3.8, 4) is 5.75 Å². The van der Waals surface area contributed by atoms with Crippen molar-refractivity contribution in [3.63, 3.8) is 0 Å². The highest BCUT2D eigenvalue weighted by molar-refractivity contribution is 5.78. The van der Waals surface area contributed by atoms with E-state index < -0.39 is 0 Å². The third-order valence-corrected chi connectivity index (χ3v) is 5.39. The van der Waals surface area contributed by atoms with Gasteiger partial charge in [0.05, 0.1) is 0 Å². The molecule has 0 spiro atoms. The summed E-state index contributed by atoms with van der Waals surface area (Å²) in [6.07, 6.45) is 0. The minimum atomic E-state index is 0.0529. The molecule has 150 valence electrons. The van der Waals surface area contributed by atoms with Gasteiger partial charge in [0.1, 0.15) is 5.75 Å². The number of hydrogen-bond donors (Lipinski definition) is 0. The molecule has 28 heavy (non-hydrogen) atoms. The lowest BCUT2D eigenvalue weighted by molar-refractivity contribution is -0.133. The molecule has 5 nitrogen and oxygen atoms in total. The smallest absolute Gasteiger partial charge is 0.260 e. The highest BCUT2D eigenvalue weighted by atomic mass is 16.5. The molecule has 3 rings (SSSR count). The lowest BCUT2D eigenvalue weighted by atomic mass is 10.1. The molecule has 2 aromatic rings. The van der Waals surface area contributed by atoms with Crippen LogP contribution in [0.25, 0.3) is 0 Å². The molecule has 1 amide bonds. The molecule has 5 heteroatoms. The fraction of sp³-hybridized carbons (Fsp3) is 0.435. The molecular formula is C23H31N3O2. The Morgan fingerprint density at radius 2 is 1.68 bits per heavy atom. The maximum absolute atomic E-state index is 12.4. The highest BCUT2D eigenvalue weighted by Gasteiger charge is 2.22. The van der Waals surface area contributed by atoms with Crippen LogP contribution in [0.5, 0.6) is 5.75 Å². The molecule has 0 aliphatic carbocycles. The van der Waals surface area contributed by atoms with E-state index in [1.165, 1.54) is 16.9 Å². The Hall–Kier alpha value is -2.69. The molecule has 0 radical (unpaired) electrons. The molecule has 1 fully saturated rings. The van der Waals surface area contributed by atoms with E-state index in [4.69, 9.17) is 4.74 Å². The molecule has 2 aromatic carbocycles. The van der Waals surface area contributed by atoms with Crippen LogP contribution >= 0.6 is 0 Å². The van der Waals surface area contributed by atoms with Crippen LogP contribution in [0.3, 0.4) is 0 Å². The third kappa shape index (κ3) is 4.77. The summed E-state index contributed by atoms with van der Waals surface area (Å²) in [5.74, 6) is 0.788. The Kier molecular flexibility index (Phi) is 6.80. The van der Waals surface area contributed by atoms with E-state index in [1.807, 2.05) is 35.2 Å². The molecule has 0 saturated carbocycles. The number of carbonyl (C=O) groups excluding carboxylic acids is 1. The van der Waals surface area contributed by atoms with Crippen LogP contribution in [0, 0.1) is 6.92 Å². The van der Waals surface area contributed by atoms with Gasteiger partial charge >= 0.3 is 0 Å². The van der Waals surface area contributed by atoms with Gasteiger partial charge < -0.3 is 19.4 Å². The van der Waals surface area contributed by atoms with Crippen LogP contribution in [0.2, 0.25) is 0 Å². The fourth-order valence-corrected chi connectivity index (χ4v) is 3.73. The second-order valence-electron chi connectivity index (χ2n) is 7.11. The minimum Gasteiger partial charge on any atom is -0.484 e. The number of ether oxygens (including phenoxy) is 1. The normalized spacial score (nSPS) is 14.1. The standard InChI is InChI=1S/C23H31N3O2/c1-4-24(5-2)20-11-12-22(19(3)17-20)25-13-15-26(16-14-25)23(27)18-28-21-9-7-6-8-10-21/h6-12,17H,4-5,13-16,18H2,1-3H3. The summed E-state index contributed by atoms with van der Waals surface area (Å²) in [5.41, 5.74) is 3.83. The first kappa shape index (κ1) is 20.1. The monoisotopic (exact) mass is 381 g/mol. The zero-order valence-corrected chi connectivity index (χ0v) is 17.2. The SMILES string of the molecule is CCN(CC)c1ccc(N2CCN(C(=O)COc3ccccc3)CC2)c(C)c1. The number of rotatable bonds is 7. The lowest BCUT2D eigenvalue weighted by Crippen LogP contribution is -2.50. The maximum atomic E-state index is 12.4. The molecule has 1 saturated heterocycles. The highest BCUT2D eigenvalue weighted by Crippen LogP contribution is 2.26. The zero-order valence-electron chi connectivity index (χ0n) is 17.2. The molecule has 0 unspecified atom stereocenters. The Balaban J connectivity index is 1.54. The van der Waals surface area contributed by atoms with Crippen molar-refractivity contribution in [1.29, 1.82) is 0 Å². The molecule has 1 aliphatic rings. The Labute approximate surface area is 168 Å². The van der Waals surface area contributed by atoms with Crippen LogP contribution in [0.1, 0.15) is 19.4 Å². The molecule has 1 aliphatic heterocycles. The second-order valence-corrected chi connectivity index (χ2v) is 7.11. The van der Waals surface area contributed by atoms with Crippen molar-refractivity contribution >= 4 is 17.3 Å². The number of hydrogen-bond acceptors (Lipinski definition) is 4. The fourth-order valence-electron chi connectivity index (χ4n) is 3.73. The van der Waals surface area contributed by atoms with Crippen LogP contribution in [0.15, 0.2) is 48.5 Å². The van der Waals surface area contributed by atoms with Crippen molar-refractivity contribution < 1.29 is 9.53 Å². The van der Waals surface area contributed by atoms with Crippen molar-refractivity contribution in [3.05, 3.63) is 54.1 Å². The van der Waals surface area contributed by atoms with Crippen molar-refractivity contribution in [1.82, 2.24) is 4.90 Å². The van der Waals surface area contributed by atoms with Gasteiger partial charge in [-0.25, -0.2) is 0 Å². The van der Waals surface area contributed by atoms with Crippen LogP contribution in [-0.2, 0) is 4.79 Å². The molecule has 0 aromatic heterocycles. The van der Waals surface area contributed by atoms with Gasteiger partial charge in [0.25, 0.3) is 5.91 Å². The number of para-hydroxylation sites is 1. The van der Waals surface area contributed by atoms with Crippen LogP contribution in [0.4, 0.5) is 11.4 Å². The number of anilines is 2. The van der Waals surface area contributed by atoms with E-state index >= 15 is 0 Å². The van der Waals surface area contributed by atoms with Crippen LogP contribution < -0.4 is 14.5 Å². The Morgan fingerprint density at radius 1 is 1.00 bits per heavy atom. The predicted molar refractivity (Wildman–Crippen MR) is 115 cm³/mol. The number of amides is 1. The number of piperazine rings is 1. The third-order valence-electron chi connectivity index (χ3n) is 5.39. The van der Waals surface area contributed by atoms with Crippen LogP contribution in [-0.4, -0.2) is 56.7 Å². The Morgan fingerprint density at radius 3 is 2.29 bits per heavy atom. The number of aryl methyl sites for hydroxylation is 1. The van der Waals surface area contributed by atoms with Gasteiger partial charge in [-0.3, -0.25) is 4.79 Å². The van der Waals surface area contributed by atoms with E-state index in [2.05, 4.69) is 48.8 Å². The van der Waals surface area contributed by atoms with E-state index in [0.717, 1.165) is 45.0 Å². The summed E-state index contributed by atoms with van der Waals surface area (Å²) in [6, 6.07) is 16.2. The summed E-state index contributed by atoms with van der Waals surface area (Å²) >= 11 is 0. The van der Waals surface area contributed by atoms with Crippen molar-refractivity contribution in [2.45, 2.75) is 20.8 Å². The summed E-state index contributed by atoms with van der Waals surface area (Å²) in [5, 5.41) is 0. The van der Waals surface area contributed by atoms with Crippen molar-refractivity contribution in [2.75, 3.05) is 55.7 Å². The minimum absolute atomic E-state index is 0.0529. The van der Waals surface area contributed by atoms with Gasteiger partial charge in [-0.1, -0.05) is 18.2 Å². The van der Waals surface area contributed by atoms with E-state index in [-0.39, 0.29) is 12.5 Å². The van der Waals surface area contributed by atoms with Gasteiger partial charge in [-0.2, -0.15) is 0 Å². The molecule has 0 atom stereocenters. The van der Waals surface area contributed by atoms with Gasteiger partial charge in [-0.05, 0) is 56.7 Å². The van der Waals surface area contributed by atoms with Gasteiger partial charge in [0.15, 0.2) is 6.61 Å². The number of benzene rings is 2. The first-order valence-corrected chi connectivity index (χ1v) is 10.2. The summed E-state index contributed by atoms with van der Waals surface area (Å²) in [7, 11) is 0. The van der Waals surface area contributed by atoms with Gasteiger partial charge in [-0.15, -0.1) is 0 Å². The van der Waals surface area contributed by atoms with Gasteiger partial charge in [0.2, 0.25) is 0 Å². The largest absolute Gasteiger partial charge is 0.484 e. The molecule has 0 bridgehead atoms. The van der Waals surface area contributed by atoms with E-state index in [0.29, 0.717) is 0 Å². The first-order valence-electron chi connectivity index (χ1n) is 10.2. The zero-order chi connectivity index (χ0) is 19.9.